The lowest BCUT2D eigenvalue weighted by Crippen LogP contribution is -2.30. The first-order chi connectivity index (χ1) is 15.9. The Morgan fingerprint density at radius 1 is 1.39 bits per heavy atom. The fraction of sp³-hybridized carbons (Fsp3) is 0.360. The van der Waals surface area contributed by atoms with Crippen LogP contribution < -0.4 is 27.0 Å². The van der Waals surface area contributed by atoms with Gasteiger partial charge in [0.1, 0.15) is 0 Å². The van der Waals surface area contributed by atoms with Gasteiger partial charge in [-0.1, -0.05) is 37.4 Å². The number of anilines is 1. The Labute approximate surface area is 196 Å². The molecule has 0 spiro atoms. The summed E-state index contributed by atoms with van der Waals surface area (Å²) < 4.78 is 0. The molecule has 2 amide bonds. The molecule has 1 aliphatic rings. The number of nitrogens with zero attached hydrogens (tertiary/aromatic N) is 1. The molecule has 1 aromatic rings. The van der Waals surface area contributed by atoms with Crippen molar-refractivity contribution in [2.24, 2.45) is 5.73 Å². The maximum atomic E-state index is 11.6. The van der Waals surface area contributed by atoms with Crippen LogP contribution in [0.2, 0.25) is 0 Å². The standard InChI is InChI=1S/C25H36N6O2/c1-5-21-7-6-8-23(29-16-22(26)15-28-14-20-11-12-27-13-20)25(21)19(3)31(4)18(2)9-10-24(33)30-17-32/h5-8,11,15,17-18,27-29H,1,3,9-10,12-14,16,26H2,2,4H3,(H,30,32,33)/b22-15-. The molecule has 0 saturated carbocycles. The van der Waals surface area contributed by atoms with Crippen LogP contribution in [0.15, 0.2) is 54.9 Å². The molecule has 0 aliphatic carbocycles. The van der Waals surface area contributed by atoms with Gasteiger partial charge in [0, 0.05) is 68.0 Å². The third kappa shape index (κ3) is 7.84. The molecule has 1 heterocycles. The van der Waals surface area contributed by atoms with E-state index in [9.17, 15) is 9.59 Å². The van der Waals surface area contributed by atoms with Crippen LogP contribution in [0.25, 0.3) is 11.8 Å². The molecule has 0 radical (unpaired) electrons. The van der Waals surface area contributed by atoms with E-state index in [-0.39, 0.29) is 18.4 Å². The number of rotatable bonds is 14. The first kappa shape index (κ1) is 25.7. The molecule has 1 aliphatic heterocycles. The molecule has 6 N–H and O–H groups in total. The third-order valence-corrected chi connectivity index (χ3v) is 5.69. The van der Waals surface area contributed by atoms with Crippen LogP contribution in [0, 0.1) is 0 Å². The summed E-state index contributed by atoms with van der Waals surface area (Å²) >= 11 is 0. The highest BCUT2D eigenvalue weighted by Gasteiger charge is 2.18. The van der Waals surface area contributed by atoms with E-state index in [1.54, 1.807) is 6.08 Å². The minimum Gasteiger partial charge on any atom is -0.399 e. The Morgan fingerprint density at radius 2 is 2.18 bits per heavy atom. The number of nitrogens with two attached hydrogens (primary N) is 1. The van der Waals surface area contributed by atoms with E-state index in [1.165, 1.54) is 5.57 Å². The van der Waals surface area contributed by atoms with Gasteiger partial charge in [0.25, 0.3) is 0 Å². The highest BCUT2D eigenvalue weighted by atomic mass is 16.2. The van der Waals surface area contributed by atoms with Crippen molar-refractivity contribution in [3.05, 3.63) is 66.0 Å². The number of carbonyl (C=O) groups is 2. The quantitative estimate of drug-likeness (QED) is 0.217. The maximum Gasteiger partial charge on any atom is 0.226 e. The molecule has 0 aromatic heterocycles. The monoisotopic (exact) mass is 452 g/mol. The van der Waals surface area contributed by atoms with Gasteiger partial charge in [-0.15, -0.1) is 0 Å². The van der Waals surface area contributed by atoms with Crippen molar-refractivity contribution in [1.29, 1.82) is 0 Å². The zero-order valence-electron chi connectivity index (χ0n) is 19.6. The van der Waals surface area contributed by atoms with Crippen molar-refractivity contribution in [3.63, 3.8) is 0 Å². The van der Waals surface area contributed by atoms with Crippen LogP contribution in [0.3, 0.4) is 0 Å². The Kier molecular flexibility index (Phi) is 10.2. The Balaban J connectivity index is 2.05. The predicted molar refractivity (Wildman–Crippen MR) is 136 cm³/mol. The van der Waals surface area contributed by atoms with Crippen molar-refractivity contribution in [3.8, 4) is 0 Å². The van der Waals surface area contributed by atoms with Crippen molar-refractivity contribution in [2.75, 3.05) is 38.5 Å². The lowest BCUT2D eigenvalue weighted by molar-refractivity contribution is -0.125. The minimum atomic E-state index is -0.291. The SMILES string of the molecule is C=Cc1cccc(NC/C(N)=C/NCC2=CCNC2)c1C(=C)N(C)C(C)CCC(=O)NC=O. The molecular formula is C25H36N6O2. The maximum absolute atomic E-state index is 11.6. The normalized spacial score (nSPS) is 14.1. The summed E-state index contributed by atoms with van der Waals surface area (Å²) in [4.78, 5) is 24.1. The van der Waals surface area contributed by atoms with Crippen LogP contribution in [-0.4, -0.2) is 56.5 Å². The summed E-state index contributed by atoms with van der Waals surface area (Å²) in [5.74, 6) is -0.291. The average molecular weight is 453 g/mol. The number of hydrogen-bond donors (Lipinski definition) is 5. The summed E-state index contributed by atoms with van der Waals surface area (Å²) in [6.07, 6.45) is 7.06. The van der Waals surface area contributed by atoms with Gasteiger partial charge < -0.3 is 26.6 Å². The molecule has 178 valence electrons. The third-order valence-electron chi connectivity index (χ3n) is 5.69. The highest BCUT2D eigenvalue weighted by molar-refractivity contribution is 5.85. The molecule has 33 heavy (non-hydrogen) atoms. The first-order valence-electron chi connectivity index (χ1n) is 11.1. The Hall–Kier alpha value is -3.52. The van der Waals surface area contributed by atoms with Gasteiger partial charge in [0.05, 0.1) is 6.54 Å². The first-order valence-corrected chi connectivity index (χ1v) is 11.1. The van der Waals surface area contributed by atoms with Crippen molar-refractivity contribution < 1.29 is 9.59 Å². The van der Waals surface area contributed by atoms with Crippen LogP contribution in [0.1, 0.15) is 30.9 Å². The summed E-state index contributed by atoms with van der Waals surface area (Å²) in [5, 5.41) is 12.1. The average Bonchev–Trinajstić information content (AvgIpc) is 3.33. The van der Waals surface area contributed by atoms with E-state index in [4.69, 9.17) is 5.73 Å². The smallest absolute Gasteiger partial charge is 0.226 e. The molecule has 0 saturated heterocycles. The van der Waals surface area contributed by atoms with Gasteiger partial charge in [-0.3, -0.25) is 14.9 Å². The van der Waals surface area contributed by atoms with Gasteiger partial charge in [-0.25, -0.2) is 0 Å². The van der Waals surface area contributed by atoms with Crippen LogP contribution in [0.4, 0.5) is 5.69 Å². The van der Waals surface area contributed by atoms with Gasteiger partial charge in [-0.2, -0.15) is 0 Å². The van der Waals surface area contributed by atoms with Gasteiger partial charge in [-0.05, 0) is 30.5 Å². The molecule has 1 atom stereocenters. The van der Waals surface area contributed by atoms with E-state index in [1.807, 2.05) is 43.3 Å². The van der Waals surface area contributed by atoms with Gasteiger partial charge in [0.2, 0.25) is 12.3 Å². The molecule has 8 heteroatoms. The molecular weight excluding hydrogens is 416 g/mol. The van der Waals surface area contributed by atoms with Gasteiger partial charge >= 0.3 is 0 Å². The summed E-state index contributed by atoms with van der Waals surface area (Å²) in [7, 11) is 1.94. The van der Waals surface area contributed by atoms with E-state index in [0.29, 0.717) is 25.1 Å². The number of benzene rings is 1. The number of imide groups is 1. The lowest BCUT2D eigenvalue weighted by atomic mass is 10.00. The summed E-state index contributed by atoms with van der Waals surface area (Å²) in [5.41, 5.74) is 11.8. The van der Waals surface area contributed by atoms with Crippen molar-refractivity contribution in [2.45, 2.75) is 25.8 Å². The molecule has 0 bridgehead atoms. The van der Waals surface area contributed by atoms with E-state index >= 15 is 0 Å². The number of carbonyl (C=O) groups excluding carboxylic acids is 2. The molecule has 8 nitrogen and oxygen atoms in total. The largest absolute Gasteiger partial charge is 0.399 e. The summed E-state index contributed by atoms with van der Waals surface area (Å²) in [6.45, 7) is 13.3. The van der Waals surface area contributed by atoms with Gasteiger partial charge in [0.15, 0.2) is 0 Å². The second kappa shape index (κ2) is 13.1. The van der Waals surface area contributed by atoms with E-state index < -0.39 is 0 Å². The van der Waals surface area contributed by atoms with Crippen LogP contribution >= 0.6 is 0 Å². The van der Waals surface area contributed by atoms with E-state index in [2.05, 4.69) is 40.5 Å². The van der Waals surface area contributed by atoms with Crippen LogP contribution in [-0.2, 0) is 9.59 Å². The fourth-order valence-electron chi connectivity index (χ4n) is 3.54. The molecule has 1 aromatic carbocycles. The lowest BCUT2D eigenvalue weighted by Gasteiger charge is -2.31. The minimum absolute atomic E-state index is 0.0363. The van der Waals surface area contributed by atoms with E-state index in [0.717, 1.165) is 42.1 Å². The Bertz CT molecular complexity index is 921. The zero-order chi connectivity index (χ0) is 24.2. The summed E-state index contributed by atoms with van der Waals surface area (Å²) in [6, 6.07) is 5.97. The topological polar surface area (TPSA) is 112 Å². The fourth-order valence-corrected chi connectivity index (χ4v) is 3.54. The molecule has 1 unspecified atom stereocenters. The van der Waals surface area contributed by atoms with Crippen molar-refractivity contribution in [1.82, 2.24) is 20.9 Å². The van der Waals surface area contributed by atoms with Crippen molar-refractivity contribution >= 4 is 29.8 Å². The Morgan fingerprint density at radius 3 is 2.85 bits per heavy atom. The number of nitrogens with one attached hydrogen (secondary N) is 4. The second-order valence-corrected chi connectivity index (χ2v) is 8.05. The molecule has 0 fully saturated rings. The number of hydrogen-bond acceptors (Lipinski definition) is 7. The van der Waals surface area contributed by atoms with Crippen LogP contribution in [0.5, 0.6) is 0 Å². The zero-order valence-corrected chi connectivity index (χ0v) is 19.6. The highest BCUT2D eigenvalue weighted by Crippen LogP contribution is 2.31. The number of amides is 2. The predicted octanol–water partition coefficient (Wildman–Crippen LogP) is 2.00. The second-order valence-electron chi connectivity index (χ2n) is 8.05. The molecule has 2 rings (SSSR count).